The Kier molecular flexibility index (Phi) is 10.4. The van der Waals surface area contributed by atoms with Crippen LogP contribution in [0.5, 0.6) is 0 Å². The third kappa shape index (κ3) is 8.16. The molecule has 1 rings (SSSR count). The highest BCUT2D eigenvalue weighted by atomic mass is 16.4. The van der Waals surface area contributed by atoms with Gasteiger partial charge >= 0.3 is 5.97 Å². The molecule has 1 aliphatic rings. The predicted octanol–water partition coefficient (Wildman–Crippen LogP) is -1.15. The van der Waals surface area contributed by atoms with E-state index in [1.54, 1.807) is 20.8 Å². The fourth-order valence-corrected chi connectivity index (χ4v) is 3.30. The van der Waals surface area contributed by atoms with Gasteiger partial charge in [-0.1, -0.05) is 34.1 Å². The van der Waals surface area contributed by atoms with Gasteiger partial charge in [-0.15, -0.1) is 0 Å². The van der Waals surface area contributed by atoms with Gasteiger partial charge in [-0.3, -0.25) is 19.2 Å². The topological polar surface area (TPSA) is 180 Å². The molecule has 0 aromatic rings. The highest BCUT2D eigenvalue weighted by Gasteiger charge is 2.34. The molecule has 31 heavy (non-hydrogen) atoms. The molecule has 5 atom stereocenters. The molecule has 176 valence electrons. The van der Waals surface area contributed by atoms with Crippen molar-refractivity contribution in [2.24, 2.45) is 17.6 Å². The average molecular weight is 442 g/mol. The zero-order valence-corrected chi connectivity index (χ0v) is 18.6. The molecule has 0 aromatic heterocycles. The number of carboxylic acids is 1. The van der Waals surface area contributed by atoms with Crippen LogP contribution in [0.3, 0.4) is 0 Å². The van der Waals surface area contributed by atoms with E-state index in [4.69, 9.17) is 5.73 Å². The van der Waals surface area contributed by atoms with Crippen molar-refractivity contribution < 1.29 is 29.1 Å². The smallest absolute Gasteiger partial charge is 0.326 e. The minimum Gasteiger partial charge on any atom is -0.480 e. The molecule has 11 nitrogen and oxygen atoms in total. The molecule has 4 amide bonds. The highest BCUT2D eigenvalue weighted by Crippen LogP contribution is 2.11. The van der Waals surface area contributed by atoms with Gasteiger partial charge < -0.3 is 32.1 Å². The van der Waals surface area contributed by atoms with Crippen LogP contribution in [0.25, 0.3) is 0 Å². The Morgan fingerprint density at radius 2 is 1.65 bits per heavy atom. The number of carbonyl (C=O) groups excluding carboxylic acids is 4. The van der Waals surface area contributed by atoms with Crippen molar-refractivity contribution in [1.29, 1.82) is 0 Å². The van der Waals surface area contributed by atoms with Crippen LogP contribution in [0.4, 0.5) is 0 Å². The van der Waals surface area contributed by atoms with Gasteiger partial charge in [0, 0.05) is 0 Å². The maximum atomic E-state index is 12.9. The molecule has 0 saturated carbocycles. The SMILES string of the molecule is CCC(C)C(NC(=O)C(CC(N)=O)NC(=O)C1CCCN1)C(=O)NC(C(=O)O)C(C)C. The first-order valence-electron chi connectivity index (χ1n) is 10.6. The number of hydrogen-bond donors (Lipinski definition) is 6. The fourth-order valence-electron chi connectivity index (χ4n) is 3.30. The van der Waals surface area contributed by atoms with Gasteiger partial charge in [-0.05, 0) is 31.2 Å². The number of primary amides is 1. The predicted molar refractivity (Wildman–Crippen MR) is 113 cm³/mol. The van der Waals surface area contributed by atoms with E-state index in [0.717, 1.165) is 6.42 Å². The Labute approximate surface area is 182 Å². The third-order valence-corrected chi connectivity index (χ3v) is 5.44. The zero-order chi connectivity index (χ0) is 23.7. The largest absolute Gasteiger partial charge is 0.480 e. The minimum atomic E-state index is -1.24. The molecule has 1 fully saturated rings. The number of hydrogen-bond acceptors (Lipinski definition) is 6. The first kappa shape index (κ1) is 26.3. The molecule has 5 unspecified atom stereocenters. The molecular formula is C20H35N5O6. The minimum absolute atomic E-state index is 0.327. The lowest BCUT2D eigenvalue weighted by Gasteiger charge is -2.28. The Morgan fingerprint density at radius 3 is 2.10 bits per heavy atom. The van der Waals surface area contributed by atoms with Crippen molar-refractivity contribution in [3.8, 4) is 0 Å². The molecule has 1 aliphatic heterocycles. The first-order chi connectivity index (χ1) is 14.5. The second-order valence-corrected chi connectivity index (χ2v) is 8.32. The maximum absolute atomic E-state index is 12.9. The summed E-state index contributed by atoms with van der Waals surface area (Å²) in [5.74, 6) is -4.46. The van der Waals surface area contributed by atoms with Crippen LogP contribution in [-0.4, -0.2) is 65.4 Å². The van der Waals surface area contributed by atoms with Gasteiger partial charge in [-0.2, -0.15) is 0 Å². The van der Waals surface area contributed by atoms with E-state index in [9.17, 15) is 29.1 Å². The number of rotatable bonds is 12. The van der Waals surface area contributed by atoms with Crippen molar-refractivity contribution in [3.63, 3.8) is 0 Å². The summed E-state index contributed by atoms with van der Waals surface area (Å²) in [5.41, 5.74) is 5.24. The summed E-state index contributed by atoms with van der Waals surface area (Å²) in [6, 6.07) is -3.87. The van der Waals surface area contributed by atoms with Crippen LogP contribution >= 0.6 is 0 Å². The molecule has 0 aliphatic carbocycles. The second-order valence-electron chi connectivity index (χ2n) is 8.32. The second kappa shape index (κ2) is 12.2. The summed E-state index contributed by atoms with van der Waals surface area (Å²) in [6.07, 6.45) is 1.53. The Hall–Kier alpha value is -2.69. The van der Waals surface area contributed by atoms with Gasteiger partial charge in [-0.25, -0.2) is 4.79 Å². The van der Waals surface area contributed by atoms with Crippen molar-refractivity contribution >= 4 is 29.6 Å². The van der Waals surface area contributed by atoms with E-state index in [0.29, 0.717) is 19.4 Å². The Bertz CT molecular complexity index is 677. The van der Waals surface area contributed by atoms with Gasteiger partial charge in [0.1, 0.15) is 18.1 Å². The molecule has 0 spiro atoms. The molecule has 1 saturated heterocycles. The monoisotopic (exact) mass is 441 g/mol. The molecule has 11 heteroatoms. The number of carboxylic acid groups (broad SMARTS) is 1. The number of nitrogens with one attached hydrogen (secondary N) is 4. The summed E-state index contributed by atoms with van der Waals surface area (Å²) in [7, 11) is 0. The molecule has 0 bridgehead atoms. The lowest BCUT2D eigenvalue weighted by atomic mass is 9.96. The Morgan fingerprint density at radius 1 is 1.03 bits per heavy atom. The van der Waals surface area contributed by atoms with Crippen molar-refractivity contribution in [3.05, 3.63) is 0 Å². The van der Waals surface area contributed by atoms with Gasteiger partial charge in [0.25, 0.3) is 0 Å². The first-order valence-corrected chi connectivity index (χ1v) is 10.6. The maximum Gasteiger partial charge on any atom is 0.326 e. The average Bonchev–Trinajstić information content (AvgIpc) is 3.22. The molecule has 7 N–H and O–H groups in total. The van der Waals surface area contributed by atoms with Crippen molar-refractivity contribution in [2.45, 2.75) is 77.5 Å². The molecule has 1 heterocycles. The van der Waals surface area contributed by atoms with E-state index >= 15 is 0 Å². The van der Waals surface area contributed by atoms with Crippen molar-refractivity contribution in [1.82, 2.24) is 21.3 Å². The third-order valence-electron chi connectivity index (χ3n) is 5.44. The number of nitrogens with two attached hydrogens (primary N) is 1. The standard InChI is InChI=1S/C20H35N5O6/c1-5-11(4)16(19(29)24-15(10(2)3)20(30)31)25-18(28)13(9-14(21)26)23-17(27)12-7-6-8-22-12/h10-13,15-16,22H,5-9H2,1-4H3,(H2,21,26)(H,23,27)(H,24,29)(H,25,28)(H,30,31). The van der Waals surface area contributed by atoms with E-state index in [1.165, 1.54) is 0 Å². The van der Waals surface area contributed by atoms with Crippen molar-refractivity contribution in [2.75, 3.05) is 6.54 Å². The fraction of sp³-hybridized carbons (Fsp3) is 0.750. The van der Waals surface area contributed by atoms with Gasteiger partial charge in [0.15, 0.2) is 0 Å². The van der Waals surface area contributed by atoms with Gasteiger partial charge in [0.2, 0.25) is 23.6 Å². The lowest BCUT2D eigenvalue weighted by molar-refractivity contribution is -0.144. The molecule has 0 radical (unpaired) electrons. The van der Waals surface area contributed by atoms with E-state index < -0.39 is 60.2 Å². The van der Waals surface area contributed by atoms with E-state index in [-0.39, 0.29) is 11.8 Å². The van der Waals surface area contributed by atoms with Crippen LogP contribution in [0.1, 0.15) is 53.4 Å². The number of aliphatic carboxylic acids is 1. The van der Waals surface area contributed by atoms with Crippen LogP contribution in [0.15, 0.2) is 0 Å². The summed E-state index contributed by atoms with van der Waals surface area (Å²) < 4.78 is 0. The van der Waals surface area contributed by atoms with Crippen LogP contribution in [0, 0.1) is 11.8 Å². The van der Waals surface area contributed by atoms with Gasteiger partial charge in [0.05, 0.1) is 12.5 Å². The van der Waals surface area contributed by atoms with Crippen LogP contribution in [0.2, 0.25) is 0 Å². The summed E-state index contributed by atoms with van der Waals surface area (Å²) in [5, 5.41) is 19.9. The highest BCUT2D eigenvalue weighted by molar-refractivity contribution is 5.96. The molecule has 0 aromatic carbocycles. The zero-order valence-electron chi connectivity index (χ0n) is 18.6. The van der Waals surface area contributed by atoms with Crippen LogP contribution in [-0.2, 0) is 24.0 Å². The number of amides is 4. The van der Waals surface area contributed by atoms with Crippen LogP contribution < -0.4 is 27.0 Å². The Balaban J connectivity index is 2.96. The van der Waals surface area contributed by atoms with E-state index in [2.05, 4.69) is 21.3 Å². The normalized spacial score (nSPS) is 19.7. The summed E-state index contributed by atoms with van der Waals surface area (Å²) in [4.78, 5) is 60.9. The quantitative estimate of drug-likeness (QED) is 0.221. The molecular weight excluding hydrogens is 406 g/mol. The lowest BCUT2D eigenvalue weighted by Crippen LogP contribution is -2.59. The van der Waals surface area contributed by atoms with E-state index in [1.807, 2.05) is 6.92 Å². The summed E-state index contributed by atoms with van der Waals surface area (Å²) >= 11 is 0. The summed E-state index contributed by atoms with van der Waals surface area (Å²) in [6.45, 7) is 7.56. The number of carbonyl (C=O) groups is 5.